The van der Waals surface area contributed by atoms with E-state index in [1.807, 2.05) is 35.7 Å². The van der Waals surface area contributed by atoms with Crippen LogP contribution in [0.2, 0.25) is 5.02 Å². The highest BCUT2D eigenvalue weighted by molar-refractivity contribution is 6.30. The summed E-state index contributed by atoms with van der Waals surface area (Å²) in [5.74, 6) is 1.16. The second-order valence-electron chi connectivity index (χ2n) is 7.39. The molecule has 5 nitrogen and oxygen atoms in total. The number of hydrogen-bond donors (Lipinski definition) is 1. The summed E-state index contributed by atoms with van der Waals surface area (Å²) < 4.78 is 1.93. The number of piperidine rings is 1. The molecule has 142 valence electrons. The van der Waals surface area contributed by atoms with Crippen molar-refractivity contribution in [2.45, 2.75) is 45.1 Å². The number of aliphatic hydroxyl groups is 1. The number of hydrogen-bond acceptors (Lipinski definition) is 4. The molecular formula is C21H25ClN4O. The minimum atomic E-state index is 0.144. The Morgan fingerprint density at radius 3 is 2.74 bits per heavy atom. The maximum atomic E-state index is 9.83. The average molecular weight is 385 g/mol. The number of benzene rings is 1. The second-order valence-corrected chi connectivity index (χ2v) is 7.83. The van der Waals surface area contributed by atoms with E-state index < -0.39 is 0 Å². The summed E-state index contributed by atoms with van der Waals surface area (Å²) in [5.41, 5.74) is 3.97. The Hall–Kier alpha value is -2.11. The Kier molecular flexibility index (Phi) is 5.06. The fourth-order valence-electron chi connectivity index (χ4n) is 3.93. The molecule has 0 amide bonds. The van der Waals surface area contributed by atoms with Gasteiger partial charge in [-0.15, -0.1) is 0 Å². The third kappa shape index (κ3) is 3.54. The largest absolute Gasteiger partial charge is 0.394 e. The first kappa shape index (κ1) is 18.3. The van der Waals surface area contributed by atoms with Crippen LogP contribution in [-0.4, -0.2) is 38.9 Å². The predicted molar refractivity (Wildman–Crippen MR) is 109 cm³/mol. The molecular weight excluding hydrogens is 360 g/mol. The van der Waals surface area contributed by atoms with Crippen LogP contribution < -0.4 is 4.90 Å². The van der Waals surface area contributed by atoms with E-state index in [0.29, 0.717) is 0 Å². The van der Waals surface area contributed by atoms with Gasteiger partial charge >= 0.3 is 0 Å². The number of aromatic nitrogens is 3. The predicted octanol–water partition coefficient (Wildman–Crippen LogP) is 4.19. The second kappa shape index (κ2) is 7.49. The van der Waals surface area contributed by atoms with E-state index in [1.165, 1.54) is 5.56 Å². The van der Waals surface area contributed by atoms with Gasteiger partial charge in [0.2, 0.25) is 0 Å². The molecule has 4 rings (SSSR count). The van der Waals surface area contributed by atoms with Crippen molar-refractivity contribution in [1.29, 1.82) is 0 Å². The third-order valence-corrected chi connectivity index (χ3v) is 5.75. The summed E-state index contributed by atoms with van der Waals surface area (Å²) >= 11 is 6.02. The van der Waals surface area contributed by atoms with Crippen LogP contribution in [0.15, 0.2) is 36.4 Å². The zero-order valence-corrected chi connectivity index (χ0v) is 16.5. The maximum Gasteiger partial charge on any atom is 0.157 e. The molecule has 0 saturated carbocycles. The van der Waals surface area contributed by atoms with E-state index in [1.54, 1.807) is 0 Å². The Bertz CT molecular complexity index is 937. The van der Waals surface area contributed by atoms with Gasteiger partial charge in [0.1, 0.15) is 5.82 Å². The van der Waals surface area contributed by atoms with Crippen molar-refractivity contribution in [3.63, 3.8) is 0 Å². The van der Waals surface area contributed by atoms with Gasteiger partial charge in [-0.25, -0.2) is 4.98 Å². The first-order valence-electron chi connectivity index (χ1n) is 9.57. The van der Waals surface area contributed by atoms with Crippen molar-refractivity contribution in [2.24, 2.45) is 0 Å². The van der Waals surface area contributed by atoms with E-state index in [0.717, 1.165) is 53.7 Å². The van der Waals surface area contributed by atoms with Gasteiger partial charge in [-0.05, 0) is 43.9 Å². The van der Waals surface area contributed by atoms with Gasteiger partial charge in [-0.1, -0.05) is 30.7 Å². The molecule has 1 aliphatic rings. The summed E-state index contributed by atoms with van der Waals surface area (Å²) in [6.07, 6.45) is 3.30. The molecule has 1 aromatic carbocycles. The van der Waals surface area contributed by atoms with Crippen molar-refractivity contribution in [1.82, 2.24) is 14.6 Å². The lowest BCUT2D eigenvalue weighted by molar-refractivity contribution is 0.239. The molecule has 1 saturated heterocycles. The highest BCUT2D eigenvalue weighted by atomic mass is 35.5. The van der Waals surface area contributed by atoms with E-state index >= 15 is 0 Å². The number of aliphatic hydroxyl groups excluding tert-OH is 1. The van der Waals surface area contributed by atoms with Gasteiger partial charge in [-0.3, -0.25) is 0 Å². The fraction of sp³-hybridized carbons (Fsp3) is 0.429. The minimum absolute atomic E-state index is 0.144. The zero-order valence-electron chi connectivity index (χ0n) is 15.8. The van der Waals surface area contributed by atoms with Crippen LogP contribution in [0.1, 0.15) is 49.1 Å². The van der Waals surface area contributed by atoms with Crippen LogP contribution in [0.4, 0.5) is 5.82 Å². The average Bonchev–Trinajstić information content (AvgIpc) is 3.11. The van der Waals surface area contributed by atoms with Crippen LogP contribution in [-0.2, 0) is 0 Å². The van der Waals surface area contributed by atoms with E-state index in [4.69, 9.17) is 16.7 Å². The van der Waals surface area contributed by atoms with Crippen molar-refractivity contribution < 1.29 is 5.11 Å². The monoisotopic (exact) mass is 384 g/mol. The third-order valence-electron chi connectivity index (χ3n) is 5.50. The molecule has 2 aromatic heterocycles. The summed E-state index contributed by atoms with van der Waals surface area (Å²) in [5, 5.41) is 15.5. The first-order chi connectivity index (χ1) is 13.1. The summed E-state index contributed by atoms with van der Waals surface area (Å²) in [7, 11) is 0. The van der Waals surface area contributed by atoms with Gasteiger partial charge in [0.05, 0.1) is 18.3 Å². The molecule has 0 aliphatic carbocycles. The molecule has 2 atom stereocenters. The van der Waals surface area contributed by atoms with E-state index in [-0.39, 0.29) is 18.6 Å². The van der Waals surface area contributed by atoms with E-state index in [2.05, 4.69) is 28.9 Å². The molecule has 3 aromatic rings. The highest BCUT2D eigenvalue weighted by Gasteiger charge is 2.25. The molecule has 3 heterocycles. The van der Waals surface area contributed by atoms with Crippen molar-refractivity contribution in [3.8, 4) is 0 Å². The first-order valence-corrected chi connectivity index (χ1v) is 9.95. The lowest BCUT2D eigenvalue weighted by Gasteiger charge is -2.36. The van der Waals surface area contributed by atoms with Gasteiger partial charge in [0.25, 0.3) is 0 Å². The number of rotatable bonds is 4. The topological polar surface area (TPSA) is 53.7 Å². The number of anilines is 1. The smallest absolute Gasteiger partial charge is 0.157 e. The quantitative estimate of drug-likeness (QED) is 0.732. The molecule has 2 unspecified atom stereocenters. The van der Waals surface area contributed by atoms with Crippen LogP contribution in [0, 0.1) is 6.92 Å². The van der Waals surface area contributed by atoms with Crippen LogP contribution >= 0.6 is 11.6 Å². The standard InChI is InChI=1S/C21H25ClN4O/c1-14-11-21(25-10-4-3-5-18(25)13-27)26-20(23-14)12-19(24-26)15(2)16-6-8-17(22)9-7-16/h6-9,11-12,15,18,27H,3-5,10,13H2,1-2H3. The highest BCUT2D eigenvalue weighted by Crippen LogP contribution is 2.29. The lowest BCUT2D eigenvalue weighted by Crippen LogP contribution is -2.43. The van der Waals surface area contributed by atoms with Gasteiger partial charge in [-0.2, -0.15) is 9.61 Å². The van der Waals surface area contributed by atoms with Gasteiger partial charge in [0, 0.05) is 35.3 Å². The normalized spacial score (nSPS) is 18.8. The number of halogens is 1. The molecule has 1 N–H and O–H groups in total. The molecule has 1 aliphatic heterocycles. The van der Waals surface area contributed by atoms with Gasteiger partial charge in [0.15, 0.2) is 5.65 Å². The molecule has 0 radical (unpaired) electrons. The summed E-state index contributed by atoms with van der Waals surface area (Å²) in [6.45, 7) is 5.26. The van der Waals surface area contributed by atoms with Crippen LogP contribution in [0.5, 0.6) is 0 Å². The summed E-state index contributed by atoms with van der Waals surface area (Å²) in [6, 6.07) is 12.2. The Labute approximate surface area is 164 Å². The molecule has 0 spiro atoms. The van der Waals surface area contributed by atoms with Crippen LogP contribution in [0.3, 0.4) is 0 Å². The maximum absolute atomic E-state index is 9.83. The number of fused-ring (bicyclic) bond motifs is 1. The van der Waals surface area contributed by atoms with Crippen LogP contribution in [0.25, 0.3) is 5.65 Å². The SMILES string of the molecule is Cc1cc(N2CCCCC2CO)n2nc(C(C)c3ccc(Cl)cc3)cc2n1. The molecule has 1 fully saturated rings. The Morgan fingerprint density at radius 2 is 2.00 bits per heavy atom. The Balaban J connectivity index is 1.76. The summed E-state index contributed by atoms with van der Waals surface area (Å²) in [4.78, 5) is 6.97. The molecule has 27 heavy (non-hydrogen) atoms. The number of nitrogens with zero attached hydrogens (tertiary/aromatic N) is 4. The zero-order chi connectivity index (χ0) is 19.0. The Morgan fingerprint density at radius 1 is 1.22 bits per heavy atom. The van der Waals surface area contributed by atoms with Gasteiger partial charge < -0.3 is 10.0 Å². The van der Waals surface area contributed by atoms with Crippen molar-refractivity contribution in [3.05, 3.63) is 58.4 Å². The minimum Gasteiger partial charge on any atom is -0.394 e. The molecule has 6 heteroatoms. The number of aryl methyl sites for hydroxylation is 1. The fourth-order valence-corrected chi connectivity index (χ4v) is 4.05. The lowest BCUT2D eigenvalue weighted by atomic mass is 9.98. The van der Waals surface area contributed by atoms with Crippen molar-refractivity contribution in [2.75, 3.05) is 18.1 Å². The van der Waals surface area contributed by atoms with Crippen molar-refractivity contribution >= 4 is 23.1 Å². The molecule has 0 bridgehead atoms. The van der Waals surface area contributed by atoms with E-state index in [9.17, 15) is 5.11 Å².